The Bertz CT molecular complexity index is 359. The normalized spacial score (nSPS) is 20.8. The first-order valence-corrected chi connectivity index (χ1v) is 6.80. The van der Waals surface area contributed by atoms with Gasteiger partial charge in [-0.3, -0.25) is 4.90 Å². The highest BCUT2D eigenvalue weighted by Crippen LogP contribution is 2.16. The van der Waals surface area contributed by atoms with Gasteiger partial charge < -0.3 is 10.2 Å². The maximum absolute atomic E-state index is 3.18. The second-order valence-electron chi connectivity index (χ2n) is 5.49. The molecular weight excluding hydrogens is 222 g/mol. The average molecular weight is 247 g/mol. The molecule has 1 N–H and O–H groups in total. The lowest BCUT2D eigenvalue weighted by Gasteiger charge is -2.20. The van der Waals surface area contributed by atoms with E-state index in [9.17, 15) is 0 Å². The molecule has 0 radical (unpaired) electrons. The number of benzene rings is 1. The van der Waals surface area contributed by atoms with E-state index in [1.165, 1.54) is 30.6 Å². The first-order chi connectivity index (χ1) is 8.69. The standard InChI is InChI=1S/C15H25N3/c1-16-10-13-4-6-14(7-5-13)11-18-9-8-15(12-18)17(2)3/h4-7,15-16H,8-12H2,1-3H3. The Hall–Kier alpha value is -0.900. The molecule has 18 heavy (non-hydrogen) atoms. The molecule has 0 spiro atoms. The van der Waals surface area contributed by atoms with Crippen LogP contribution >= 0.6 is 0 Å². The van der Waals surface area contributed by atoms with Crippen LogP contribution < -0.4 is 5.32 Å². The molecule has 100 valence electrons. The van der Waals surface area contributed by atoms with E-state index < -0.39 is 0 Å². The van der Waals surface area contributed by atoms with Gasteiger partial charge >= 0.3 is 0 Å². The van der Waals surface area contributed by atoms with Gasteiger partial charge in [-0.2, -0.15) is 0 Å². The molecule has 0 amide bonds. The lowest BCUT2D eigenvalue weighted by molar-refractivity contribution is 0.264. The van der Waals surface area contributed by atoms with Crippen LogP contribution in [0.3, 0.4) is 0 Å². The third-order valence-electron chi connectivity index (χ3n) is 3.79. The van der Waals surface area contributed by atoms with Crippen molar-refractivity contribution in [3.8, 4) is 0 Å². The summed E-state index contributed by atoms with van der Waals surface area (Å²) in [6.45, 7) is 4.46. The number of rotatable bonds is 5. The molecule has 2 rings (SSSR count). The van der Waals surface area contributed by atoms with Gasteiger partial charge in [0.25, 0.3) is 0 Å². The zero-order chi connectivity index (χ0) is 13.0. The van der Waals surface area contributed by atoms with Crippen LogP contribution in [-0.4, -0.2) is 50.1 Å². The van der Waals surface area contributed by atoms with Crippen molar-refractivity contribution in [3.05, 3.63) is 35.4 Å². The van der Waals surface area contributed by atoms with Gasteiger partial charge in [-0.25, -0.2) is 0 Å². The molecule has 1 aromatic rings. The summed E-state index contributed by atoms with van der Waals surface area (Å²) < 4.78 is 0. The van der Waals surface area contributed by atoms with Gasteiger partial charge in [0, 0.05) is 32.2 Å². The summed E-state index contributed by atoms with van der Waals surface area (Å²) in [5.74, 6) is 0. The molecule has 3 nitrogen and oxygen atoms in total. The summed E-state index contributed by atoms with van der Waals surface area (Å²) in [6, 6.07) is 9.70. The second kappa shape index (κ2) is 6.32. The van der Waals surface area contributed by atoms with Gasteiger partial charge in [0.1, 0.15) is 0 Å². The Morgan fingerprint density at radius 2 is 1.89 bits per heavy atom. The van der Waals surface area contributed by atoms with E-state index in [0.29, 0.717) is 0 Å². The van der Waals surface area contributed by atoms with Gasteiger partial charge in [0.2, 0.25) is 0 Å². The molecule has 1 atom stereocenters. The van der Waals surface area contributed by atoms with E-state index in [0.717, 1.165) is 19.1 Å². The van der Waals surface area contributed by atoms with Gasteiger partial charge in [0.15, 0.2) is 0 Å². The molecule has 1 saturated heterocycles. The predicted octanol–water partition coefficient (Wildman–Crippen LogP) is 1.54. The van der Waals surface area contributed by atoms with Crippen molar-refractivity contribution in [2.24, 2.45) is 0 Å². The van der Waals surface area contributed by atoms with Crippen LogP contribution in [0.25, 0.3) is 0 Å². The fourth-order valence-electron chi connectivity index (χ4n) is 2.60. The zero-order valence-electron chi connectivity index (χ0n) is 11.8. The Balaban J connectivity index is 1.86. The molecule has 1 aromatic carbocycles. The predicted molar refractivity (Wildman–Crippen MR) is 76.6 cm³/mol. The lowest BCUT2D eigenvalue weighted by atomic mass is 10.1. The van der Waals surface area contributed by atoms with Crippen LogP contribution in [0.5, 0.6) is 0 Å². The van der Waals surface area contributed by atoms with Crippen molar-refractivity contribution in [1.82, 2.24) is 15.1 Å². The topological polar surface area (TPSA) is 18.5 Å². The number of hydrogen-bond donors (Lipinski definition) is 1. The van der Waals surface area contributed by atoms with Crippen LogP contribution in [0, 0.1) is 0 Å². The van der Waals surface area contributed by atoms with Crippen molar-refractivity contribution in [2.75, 3.05) is 34.2 Å². The van der Waals surface area contributed by atoms with Crippen LogP contribution in [0.15, 0.2) is 24.3 Å². The first-order valence-electron chi connectivity index (χ1n) is 6.80. The van der Waals surface area contributed by atoms with Gasteiger partial charge in [-0.1, -0.05) is 24.3 Å². The van der Waals surface area contributed by atoms with Crippen molar-refractivity contribution < 1.29 is 0 Å². The minimum absolute atomic E-state index is 0.730. The number of nitrogens with one attached hydrogen (secondary N) is 1. The number of likely N-dealkylation sites (N-methyl/N-ethyl adjacent to an activating group) is 1. The highest BCUT2D eigenvalue weighted by atomic mass is 15.2. The van der Waals surface area contributed by atoms with E-state index in [-0.39, 0.29) is 0 Å². The van der Waals surface area contributed by atoms with Crippen LogP contribution in [-0.2, 0) is 13.1 Å². The van der Waals surface area contributed by atoms with Gasteiger partial charge in [-0.15, -0.1) is 0 Å². The smallest absolute Gasteiger partial charge is 0.0234 e. The maximum atomic E-state index is 3.18. The molecule has 0 saturated carbocycles. The van der Waals surface area contributed by atoms with E-state index >= 15 is 0 Å². The monoisotopic (exact) mass is 247 g/mol. The molecule has 0 bridgehead atoms. The third-order valence-corrected chi connectivity index (χ3v) is 3.79. The molecule has 1 aliphatic rings. The lowest BCUT2D eigenvalue weighted by Crippen LogP contribution is -2.31. The molecular formula is C15H25N3. The Morgan fingerprint density at radius 1 is 1.22 bits per heavy atom. The fourth-order valence-corrected chi connectivity index (χ4v) is 2.60. The Labute approximate surface area is 111 Å². The minimum atomic E-state index is 0.730. The Kier molecular flexibility index (Phi) is 4.75. The number of nitrogens with zero attached hydrogens (tertiary/aromatic N) is 2. The highest BCUT2D eigenvalue weighted by Gasteiger charge is 2.23. The maximum Gasteiger partial charge on any atom is 0.0234 e. The van der Waals surface area contributed by atoms with E-state index in [4.69, 9.17) is 0 Å². The fraction of sp³-hybridized carbons (Fsp3) is 0.600. The molecule has 1 fully saturated rings. The van der Waals surface area contributed by atoms with Crippen molar-refractivity contribution in [3.63, 3.8) is 0 Å². The molecule has 0 aliphatic carbocycles. The summed E-state index contributed by atoms with van der Waals surface area (Å²) in [6.07, 6.45) is 1.30. The molecule has 1 heterocycles. The quantitative estimate of drug-likeness (QED) is 0.851. The van der Waals surface area contributed by atoms with Crippen molar-refractivity contribution >= 4 is 0 Å². The van der Waals surface area contributed by atoms with Crippen molar-refractivity contribution in [2.45, 2.75) is 25.6 Å². The third kappa shape index (κ3) is 3.55. The largest absolute Gasteiger partial charge is 0.316 e. The van der Waals surface area contributed by atoms with Gasteiger partial charge in [-0.05, 0) is 38.7 Å². The molecule has 3 heteroatoms. The van der Waals surface area contributed by atoms with Gasteiger partial charge in [0.05, 0.1) is 0 Å². The summed E-state index contributed by atoms with van der Waals surface area (Å²) in [5, 5.41) is 3.18. The number of likely N-dealkylation sites (tertiary alicyclic amines) is 1. The average Bonchev–Trinajstić information content (AvgIpc) is 2.81. The summed E-state index contributed by atoms with van der Waals surface area (Å²) in [5.41, 5.74) is 2.78. The minimum Gasteiger partial charge on any atom is -0.316 e. The van der Waals surface area contributed by atoms with E-state index in [1.807, 2.05) is 7.05 Å². The molecule has 0 aromatic heterocycles. The van der Waals surface area contributed by atoms with E-state index in [2.05, 4.69) is 53.5 Å². The highest BCUT2D eigenvalue weighted by molar-refractivity contribution is 5.22. The second-order valence-corrected chi connectivity index (χ2v) is 5.49. The molecule has 1 aliphatic heterocycles. The number of hydrogen-bond acceptors (Lipinski definition) is 3. The molecule has 1 unspecified atom stereocenters. The zero-order valence-corrected chi connectivity index (χ0v) is 11.8. The van der Waals surface area contributed by atoms with E-state index in [1.54, 1.807) is 0 Å². The SMILES string of the molecule is CNCc1ccc(CN2CCC(N(C)C)C2)cc1. The first kappa shape index (κ1) is 13.5. The van der Waals surface area contributed by atoms with Crippen LogP contribution in [0.1, 0.15) is 17.5 Å². The van der Waals surface area contributed by atoms with Crippen LogP contribution in [0.4, 0.5) is 0 Å². The van der Waals surface area contributed by atoms with Crippen molar-refractivity contribution in [1.29, 1.82) is 0 Å². The summed E-state index contributed by atoms with van der Waals surface area (Å²) >= 11 is 0. The summed E-state index contributed by atoms with van der Waals surface area (Å²) in [4.78, 5) is 4.90. The van der Waals surface area contributed by atoms with Crippen LogP contribution in [0.2, 0.25) is 0 Å². The summed E-state index contributed by atoms with van der Waals surface area (Å²) in [7, 11) is 6.35. The Morgan fingerprint density at radius 3 is 2.44 bits per heavy atom.